The molecule has 3 heterocycles. The van der Waals surface area contributed by atoms with E-state index >= 15 is 0 Å². The molecule has 2 aromatic heterocycles. The maximum absolute atomic E-state index is 13.1. The summed E-state index contributed by atoms with van der Waals surface area (Å²) in [6.07, 6.45) is 1.69. The Hall–Kier alpha value is -4.78. The van der Waals surface area contributed by atoms with Gasteiger partial charge in [0.05, 0.1) is 11.4 Å². The molecule has 39 heavy (non-hydrogen) atoms. The molecule has 7 nitrogen and oxygen atoms in total. The Bertz CT molecular complexity index is 1710. The van der Waals surface area contributed by atoms with Crippen LogP contribution >= 0.6 is 0 Å². The number of nitrogens with zero attached hydrogens (tertiary/aromatic N) is 4. The van der Waals surface area contributed by atoms with E-state index in [-0.39, 0.29) is 11.5 Å². The first-order valence-electron chi connectivity index (χ1n) is 13.2. The first-order valence-corrected chi connectivity index (χ1v) is 13.2. The van der Waals surface area contributed by atoms with Crippen LogP contribution in [0.5, 0.6) is 0 Å². The SMILES string of the molecule is Cc1nc(N2CCc3ccccc3C2)nc2c1ccc(=O)n2-c1ccc(C(=O)NCCc2ccccc2)cc1. The van der Waals surface area contributed by atoms with Crippen molar-refractivity contribution in [2.75, 3.05) is 18.0 Å². The number of aryl methyl sites for hydroxylation is 1. The van der Waals surface area contributed by atoms with Gasteiger partial charge >= 0.3 is 0 Å². The van der Waals surface area contributed by atoms with Crippen LogP contribution in [0.4, 0.5) is 5.95 Å². The lowest BCUT2D eigenvalue weighted by Gasteiger charge is -2.29. The molecule has 3 aromatic carbocycles. The number of pyridine rings is 1. The number of hydrogen-bond donors (Lipinski definition) is 1. The van der Waals surface area contributed by atoms with Crippen molar-refractivity contribution >= 4 is 22.9 Å². The van der Waals surface area contributed by atoms with Gasteiger partial charge in [-0.15, -0.1) is 0 Å². The van der Waals surface area contributed by atoms with E-state index in [0.717, 1.165) is 37.0 Å². The molecule has 0 radical (unpaired) electrons. The summed E-state index contributed by atoms with van der Waals surface area (Å²) in [7, 11) is 0. The van der Waals surface area contributed by atoms with Crippen LogP contribution in [-0.2, 0) is 19.4 Å². The minimum atomic E-state index is -0.185. The summed E-state index contributed by atoms with van der Waals surface area (Å²) in [5, 5.41) is 3.79. The van der Waals surface area contributed by atoms with Crippen molar-refractivity contribution in [3.8, 4) is 5.69 Å². The largest absolute Gasteiger partial charge is 0.352 e. The van der Waals surface area contributed by atoms with Gasteiger partial charge in [-0.3, -0.25) is 14.2 Å². The Kier molecular flexibility index (Phi) is 6.63. The van der Waals surface area contributed by atoms with Crippen molar-refractivity contribution in [1.82, 2.24) is 19.9 Å². The summed E-state index contributed by atoms with van der Waals surface area (Å²) >= 11 is 0. The maximum atomic E-state index is 13.1. The molecule has 0 aliphatic carbocycles. The van der Waals surface area contributed by atoms with Gasteiger partial charge in [-0.25, -0.2) is 4.98 Å². The van der Waals surface area contributed by atoms with Crippen molar-refractivity contribution in [3.05, 3.63) is 129 Å². The van der Waals surface area contributed by atoms with Gasteiger partial charge in [0, 0.05) is 36.7 Å². The molecule has 0 saturated heterocycles. The summed E-state index contributed by atoms with van der Waals surface area (Å²) in [5.41, 5.74) is 6.18. The summed E-state index contributed by atoms with van der Waals surface area (Å²) < 4.78 is 1.60. The summed E-state index contributed by atoms with van der Waals surface area (Å²) in [6, 6.07) is 28.9. The van der Waals surface area contributed by atoms with E-state index in [0.29, 0.717) is 29.4 Å². The predicted octanol–water partition coefficient (Wildman–Crippen LogP) is 4.62. The van der Waals surface area contributed by atoms with Crippen LogP contribution in [-0.4, -0.2) is 33.5 Å². The van der Waals surface area contributed by atoms with Gasteiger partial charge in [0.1, 0.15) is 0 Å². The Balaban J connectivity index is 1.27. The fourth-order valence-corrected chi connectivity index (χ4v) is 5.14. The second-order valence-electron chi connectivity index (χ2n) is 9.83. The van der Waals surface area contributed by atoms with Gasteiger partial charge in [0.2, 0.25) is 5.95 Å². The van der Waals surface area contributed by atoms with Gasteiger partial charge < -0.3 is 10.2 Å². The Morgan fingerprint density at radius 2 is 1.62 bits per heavy atom. The molecule has 7 heteroatoms. The van der Waals surface area contributed by atoms with E-state index in [2.05, 4.69) is 34.5 Å². The van der Waals surface area contributed by atoms with Crippen LogP contribution in [0.15, 0.2) is 95.8 Å². The zero-order valence-corrected chi connectivity index (χ0v) is 21.8. The fraction of sp³-hybridized carbons (Fsp3) is 0.188. The minimum Gasteiger partial charge on any atom is -0.352 e. The Morgan fingerprint density at radius 3 is 2.41 bits per heavy atom. The number of nitrogens with one attached hydrogen (secondary N) is 1. The predicted molar refractivity (Wildman–Crippen MR) is 154 cm³/mol. The van der Waals surface area contributed by atoms with Crippen molar-refractivity contribution in [2.24, 2.45) is 0 Å². The third-order valence-electron chi connectivity index (χ3n) is 7.27. The molecule has 194 valence electrons. The number of hydrogen-bond acceptors (Lipinski definition) is 5. The summed E-state index contributed by atoms with van der Waals surface area (Å²) in [4.78, 5) is 37.7. The quantitative estimate of drug-likeness (QED) is 0.357. The molecule has 0 atom stereocenters. The number of amides is 1. The summed E-state index contributed by atoms with van der Waals surface area (Å²) in [5.74, 6) is 0.469. The molecular formula is C32H29N5O2. The third kappa shape index (κ3) is 5.03. The van der Waals surface area contributed by atoms with Gasteiger partial charge in [-0.05, 0) is 66.8 Å². The van der Waals surface area contributed by atoms with E-state index in [1.54, 1.807) is 41.0 Å². The Morgan fingerprint density at radius 1 is 0.872 bits per heavy atom. The van der Waals surface area contributed by atoms with Crippen LogP contribution in [0.3, 0.4) is 0 Å². The lowest BCUT2D eigenvalue weighted by molar-refractivity contribution is 0.0954. The molecule has 0 bridgehead atoms. The van der Waals surface area contributed by atoms with E-state index in [4.69, 9.17) is 9.97 Å². The van der Waals surface area contributed by atoms with Crippen molar-refractivity contribution in [2.45, 2.75) is 26.3 Å². The standard InChI is InChI=1S/C32H29N5O2/c1-22-28-15-16-29(38)37(30(28)35-32(34-22)36-20-18-24-9-5-6-10-26(24)21-36)27-13-11-25(12-14-27)31(39)33-19-17-23-7-3-2-4-8-23/h2-16H,17-21H2,1H3,(H,33,39). The lowest BCUT2D eigenvalue weighted by atomic mass is 10.0. The van der Waals surface area contributed by atoms with Crippen molar-refractivity contribution in [1.29, 1.82) is 0 Å². The van der Waals surface area contributed by atoms with Gasteiger partial charge in [0.15, 0.2) is 5.65 Å². The highest BCUT2D eigenvalue weighted by Gasteiger charge is 2.20. The van der Waals surface area contributed by atoms with Crippen LogP contribution in [0.25, 0.3) is 16.7 Å². The number of aromatic nitrogens is 3. The topological polar surface area (TPSA) is 80.1 Å². The third-order valence-corrected chi connectivity index (χ3v) is 7.27. The smallest absolute Gasteiger partial charge is 0.256 e. The van der Waals surface area contributed by atoms with E-state index in [9.17, 15) is 9.59 Å². The van der Waals surface area contributed by atoms with Crippen LogP contribution in [0, 0.1) is 6.92 Å². The molecule has 5 aromatic rings. The lowest BCUT2D eigenvalue weighted by Crippen LogP contribution is -2.32. The monoisotopic (exact) mass is 515 g/mol. The van der Waals surface area contributed by atoms with Crippen LogP contribution in [0.1, 0.15) is 32.7 Å². The first kappa shape index (κ1) is 24.6. The molecule has 0 fully saturated rings. The molecule has 1 aliphatic heterocycles. The van der Waals surface area contributed by atoms with E-state index in [1.165, 1.54) is 16.7 Å². The molecule has 0 saturated carbocycles. The second kappa shape index (κ2) is 10.5. The second-order valence-corrected chi connectivity index (χ2v) is 9.83. The zero-order chi connectivity index (χ0) is 26.8. The fourth-order valence-electron chi connectivity index (χ4n) is 5.14. The molecule has 0 unspecified atom stereocenters. The van der Waals surface area contributed by atoms with Crippen LogP contribution < -0.4 is 15.8 Å². The van der Waals surface area contributed by atoms with Crippen LogP contribution in [0.2, 0.25) is 0 Å². The Labute approximate surface area is 226 Å². The highest BCUT2D eigenvalue weighted by atomic mass is 16.1. The van der Waals surface area contributed by atoms with Crippen molar-refractivity contribution in [3.63, 3.8) is 0 Å². The normalized spacial score (nSPS) is 12.8. The minimum absolute atomic E-state index is 0.145. The number of carbonyl (C=O) groups excluding carboxylic acids is 1. The van der Waals surface area contributed by atoms with Gasteiger partial charge in [-0.2, -0.15) is 4.98 Å². The first-order chi connectivity index (χ1) is 19.1. The van der Waals surface area contributed by atoms with Gasteiger partial charge in [-0.1, -0.05) is 54.6 Å². The van der Waals surface area contributed by atoms with E-state index in [1.807, 2.05) is 37.3 Å². The number of carbonyl (C=O) groups is 1. The molecule has 1 aliphatic rings. The highest BCUT2D eigenvalue weighted by molar-refractivity contribution is 5.94. The number of anilines is 1. The number of fused-ring (bicyclic) bond motifs is 2. The molecule has 6 rings (SSSR count). The molecular weight excluding hydrogens is 486 g/mol. The maximum Gasteiger partial charge on any atom is 0.256 e. The van der Waals surface area contributed by atoms with E-state index < -0.39 is 0 Å². The number of rotatable bonds is 6. The van der Waals surface area contributed by atoms with Gasteiger partial charge in [0.25, 0.3) is 11.5 Å². The average molecular weight is 516 g/mol. The molecule has 0 spiro atoms. The van der Waals surface area contributed by atoms with Crippen molar-refractivity contribution < 1.29 is 4.79 Å². The molecule has 1 amide bonds. The average Bonchev–Trinajstić information content (AvgIpc) is 2.97. The number of benzene rings is 3. The molecule has 1 N–H and O–H groups in total. The highest BCUT2D eigenvalue weighted by Crippen LogP contribution is 2.25. The zero-order valence-electron chi connectivity index (χ0n) is 21.8. The summed E-state index contributed by atoms with van der Waals surface area (Å²) in [6.45, 7) is 4.04.